The van der Waals surface area contributed by atoms with Crippen molar-refractivity contribution in [2.24, 2.45) is 5.92 Å². The van der Waals surface area contributed by atoms with E-state index in [1.54, 1.807) is 0 Å². The van der Waals surface area contributed by atoms with Crippen LogP contribution in [-0.4, -0.2) is 8.07 Å². The van der Waals surface area contributed by atoms with Crippen LogP contribution in [0, 0.1) is 17.4 Å². The molecule has 0 aliphatic rings. The summed E-state index contributed by atoms with van der Waals surface area (Å²) in [5.74, 6) is 3.66. The predicted molar refractivity (Wildman–Crippen MR) is 75.8 cm³/mol. The molecule has 16 heavy (non-hydrogen) atoms. The van der Waals surface area contributed by atoms with Crippen molar-refractivity contribution in [2.45, 2.75) is 26.6 Å². The molecular formula is C15H20Si. The van der Waals surface area contributed by atoms with Gasteiger partial charge in [0.15, 0.2) is 0 Å². The Kier molecular flexibility index (Phi) is 4.58. The normalized spacial score (nSPS) is 13.2. The van der Waals surface area contributed by atoms with Gasteiger partial charge in [-0.2, -0.15) is 0 Å². The summed E-state index contributed by atoms with van der Waals surface area (Å²) in [6, 6.07) is 10.4. The van der Waals surface area contributed by atoms with Crippen molar-refractivity contribution in [3.63, 3.8) is 0 Å². The molecule has 0 spiro atoms. The van der Waals surface area contributed by atoms with Gasteiger partial charge in [0.1, 0.15) is 8.07 Å². The summed E-state index contributed by atoms with van der Waals surface area (Å²) in [7, 11) is -1.22. The summed E-state index contributed by atoms with van der Waals surface area (Å²) < 4.78 is 0. The van der Waals surface area contributed by atoms with Crippen molar-refractivity contribution >= 4 is 14.1 Å². The van der Waals surface area contributed by atoms with Crippen LogP contribution in [0.5, 0.6) is 0 Å². The first-order valence-electron chi connectivity index (χ1n) is 5.73. The molecule has 0 amide bonds. The Morgan fingerprint density at radius 1 is 1.12 bits per heavy atom. The highest BCUT2D eigenvalue weighted by atomic mass is 28.3. The highest BCUT2D eigenvalue weighted by Gasteiger charge is 2.07. The van der Waals surface area contributed by atoms with Crippen molar-refractivity contribution in [1.82, 2.24) is 0 Å². The van der Waals surface area contributed by atoms with Crippen LogP contribution in [0.4, 0.5) is 0 Å². The Morgan fingerprint density at radius 2 is 1.75 bits per heavy atom. The van der Waals surface area contributed by atoms with Gasteiger partial charge in [0.25, 0.3) is 0 Å². The van der Waals surface area contributed by atoms with E-state index in [4.69, 9.17) is 0 Å². The van der Waals surface area contributed by atoms with Gasteiger partial charge in [0, 0.05) is 5.92 Å². The molecule has 1 atom stereocenters. The van der Waals surface area contributed by atoms with Crippen LogP contribution < -0.4 is 0 Å². The number of hydrogen-bond donors (Lipinski definition) is 0. The molecule has 1 heteroatoms. The molecule has 0 saturated heterocycles. The van der Waals surface area contributed by atoms with E-state index in [1.165, 1.54) is 5.56 Å². The molecule has 0 radical (unpaired) electrons. The maximum atomic E-state index is 3.40. The van der Waals surface area contributed by atoms with Gasteiger partial charge in [-0.05, 0) is 12.5 Å². The zero-order chi connectivity index (χ0) is 12.0. The van der Waals surface area contributed by atoms with E-state index in [-0.39, 0.29) is 0 Å². The van der Waals surface area contributed by atoms with Crippen LogP contribution in [-0.2, 0) is 0 Å². The molecule has 0 aliphatic carbocycles. The summed E-state index contributed by atoms with van der Waals surface area (Å²) in [5.41, 5.74) is 4.64. The maximum Gasteiger partial charge on any atom is 0.129 e. The summed E-state index contributed by atoms with van der Waals surface area (Å²) in [6.45, 7) is 8.96. The van der Waals surface area contributed by atoms with Gasteiger partial charge in [-0.25, -0.2) is 0 Å². The first-order valence-corrected chi connectivity index (χ1v) is 9.23. The van der Waals surface area contributed by atoms with Crippen molar-refractivity contribution in [1.29, 1.82) is 0 Å². The third kappa shape index (κ3) is 5.58. The van der Waals surface area contributed by atoms with Crippen LogP contribution in [0.15, 0.2) is 36.4 Å². The van der Waals surface area contributed by atoms with Crippen LogP contribution >= 0.6 is 0 Å². The smallest absolute Gasteiger partial charge is 0.129 e. The lowest BCUT2D eigenvalue weighted by molar-refractivity contribution is 0.987. The second-order valence-corrected chi connectivity index (χ2v) is 9.83. The molecule has 0 fully saturated rings. The molecule has 0 bridgehead atoms. The van der Waals surface area contributed by atoms with Crippen molar-refractivity contribution in [2.75, 3.05) is 0 Å². The van der Waals surface area contributed by atoms with Crippen LogP contribution in [0.3, 0.4) is 0 Å². The van der Waals surface area contributed by atoms with Gasteiger partial charge in [-0.1, -0.05) is 62.1 Å². The number of benzene rings is 1. The Hall–Kier alpha value is -1.26. The lowest BCUT2D eigenvalue weighted by Crippen LogP contribution is -2.16. The maximum absolute atomic E-state index is 3.40. The van der Waals surface area contributed by atoms with Gasteiger partial charge in [0.2, 0.25) is 0 Å². The fourth-order valence-electron chi connectivity index (χ4n) is 1.20. The third-order valence-corrected chi connectivity index (χ3v) is 2.95. The Labute approximate surface area is 100 Å². The average Bonchev–Trinajstić information content (AvgIpc) is 2.24. The zero-order valence-corrected chi connectivity index (χ0v) is 11.6. The second-order valence-electron chi connectivity index (χ2n) is 5.08. The summed E-state index contributed by atoms with van der Waals surface area (Å²) in [5, 5.41) is 0. The minimum atomic E-state index is -1.22. The number of allylic oxidation sites excluding steroid dienone is 1. The molecule has 1 aromatic rings. The van der Waals surface area contributed by atoms with E-state index in [2.05, 4.69) is 74.4 Å². The van der Waals surface area contributed by atoms with Gasteiger partial charge < -0.3 is 0 Å². The Bertz CT molecular complexity index is 399. The summed E-state index contributed by atoms with van der Waals surface area (Å²) in [4.78, 5) is 0. The SMILES string of the molecule is C[C@H](C#C[Si](C)(C)C)/C=C/c1ccccc1. The van der Waals surface area contributed by atoms with E-state index in [1.807, 2.05) is 6.07 Å². The van der Waals surface area contributed by atoms with Gasteiger partial charge >= 0.3 is 0 Å². The minimum Gasteiger partial charge on any atom is -0.131 e. The van der Waals surface area contributed by atoms with E-state index in [0.717, 1.165) is 0 Å². The van der Waals surface area contributed by atoms with Crippen molar-refractivity contribution < 1.29 is 0 Å². The van der Waals surface area contributed by atoms with Crippen molar-refractivity contribution in [3.05, 3.63) is 42.0 Å². The molecule has 0 aromatic heterocycles. The lowest BCUT2D eigenvalue weighted by Gasteiger charge is -2.04. The monoisotopic (exact) mass is 228 g/mol. The molecule has 0 saturated carbocycles. The Balaban J connectivity index is 2.61. The van der Waals surface area contributed by atoms with E-state index >= 15 is 0 Å². The number of rotatable bonds is 2. The quantitative estimate of drug-likeness (QED) is 0.525. The lowest BCUT2D eigenvalue weighted by atomic mass is 10.1. The zero-order valence-electron chi connectivity index (χ0n) is 10.6. The van der Waals surface area contributed by atoms with Gasteiger partial charge in [-0.3, -0.25) is 0 Å². The first-order chi connectivity index (χ1) is 7.47. The topological polar surface area (TPSA) is 0 Å². The molecule has 0 unspecified atom stereocenters. The van der Waals surface area contributed by atoms with Crippen LogP contribution in [0.25, 0.3) is 6.08 Å². The average molecular weight is 228 g/mol. The van der Waals surface area contributed by atoms with E-state index in [9.17, 15) is 0 Å². The molecular weight excluding hydrogens is 208 g/mol. The summed E-state index contributed by atoms with van der Waals surface area (Å²) >= 11 is 0. The molecule has 0 N–H and O–H groups in total. The fourth-order valence-corrected chi connectivity index (χ4v) is 1.86. The second kappa shape index (κ2) is 5.72. The third-order valence-electron chi connectivity index (χ3n) is 2.05. The fraction of sp³-hybridized carbons (Fsp3) is 0.333. The molecule has 0 nitrogen and oxygen atoms in total. The highest BCUT2D eigenvalue weighted by molar-refractivity contribution is 6.83. The minimum absolute atomic E-state index is 0.340. The van der Waals surface area contributed by atoms with Crippen LogP contribution in [0.2, 0.25) is 19.6 Å². The molecule has 0 aliphatic heterocycles. The van der Waals surface area contributed by atoms with Crippen LogP contribution in [0.1, 0.15) is 12.5 Å². The van der Waals surface area contributed by atoms with E-state index in [0.29, 0.717) is 5.92 Å². The number of hydrogen-bond acceptors (Lipinski definition) is 0. The van der Waals surface area contributed by atoms with E-state index < -0.39 is 8.07 Å². The highest BCUT2D eigenvalue weighted by Crippen LogP contribution is 2.05. The molecule has 84 valence electrons. The van der Waals surface area contributed by atoms with Gasteiger partial charge in [-0.15, -0.1) is 11.5 Å². The largest absolute Gasteiger partial charge is 0.131 e. The predicted octanol–water partition coefficient (Wildman–Crippen LogP) is 4.22. The summed E-state index contributed by atoms with van der Waals surface area (Å²) in [6.07, 6.45) is 4.31. The molecule has 1 rings (SSSR count). The standard InChI is InChI=1S/C15H20Si/c1-14(12-13-16(2,3)4)10-11-15-8-6-5-7-9-15/h5-11,14H,1-4H3/b11-10+/t14-/m0/s1. The Morgan fingerprint density at radius 3 is 2.31 bits per heavy atom. The first kappa shape index (κ1) is 12.8. The molecule has 0 heterocycles. The van der Waals surface area contributed by atoms with Gasteiger partial charge in [0.05, 0.1) is 0 Å². The van der Waals surface area contributed by atoms with Crippen molar-refractivity contribution in [3.8, 4) is 11.5 Å². The molecule has 1 aromatic carbocycles.